The molecule has 242 valence electrons. The van der Waals surface area contributed by atoms with Gasteiger partial charge in [0.25, 0.3) is 0 Å². The molecule has 5 aromatic rings. The summed E-state index contributed by atoms with van der Waals surface area (Å²) in [7, 11) is 0. The number of nitrogens with zero attached hydrogens (tertiary/aromatic N) is 7. The molecule has 47 heavy (non-hydrogen) atoms. The number of anilines is 2. The molecule has 0 aromatic carbocycles. The molecule has 5 aliphatic carbocycles. The fourth-order valence-electron chi connectivity index (χ4n) is 9.67. The molecular weight excluding hydrogens is 609 g/mol. The van der Waals surface area contributed by atoms with Crippen molar-refractivity contribution in [2.75, 3.05) is 5.32 Å². The van der Waals surface area contributed by atoms with Gasteiger partial charge in [-0.25, -0.2) is 14.8 Å². The number of rotatable bonds is 7. The Kier molecular flexibility index (Phi) is 6.78. The standard InChI is InChI=1S/C36H40N8O2S/c1-20-11-28(41-42-32(20)40-35-39-27-5-3-4-6-30(27)47-35)29-18-37-33-31(34(45)46)25(9-10-43(29)33)26-17-38-44(21(26)2)19-36-14-22-7-8-23(15-36)13-24(12-22)16-36/h9-11,17-18,22-24H,3-8,12-16,19H2,1-2H3,(H,45,46)(H,39,40,42). The summed E-state index contributed by atoms with van der Waals surface area (Å²) >= 11 is 1.70. The van der Waals surface area contributed by atoms with E-state index in [0.29, 0.717) is 33.8 Å². The Morgan fingerprint density at radius 1 is 1.04 bits per heavy atom. The molecule has 0 saturated heterocycles. The largest absolute Gasteiger partial charge is 0.478 e. The fraction of sp³-hybridized carbons (Fsp3) is 0.500. The van der Waals surface area contributed by atoms with Crippen molar-refractivity contribution in [3.8, 4) is 22.5 Å². The van der Waals surface area contributed by atoms with Gasteiger partial charge in [-0.2, -0.15) is 5.10 Å². The molecule has 5 aromatic heterocycles. The lowest BCUT2D eigenvalue weighted by molar-refractivity contribution is 0.0169. The van der Waals surface area contributed by atoms with Crippen molar-refractivity contribution >= 4 is 33.9 Å². The van der Waals surface area contributed by atoms with E-state index in [2.05, 4.69) is 32.1 Å². The zero-order valence-electron chi connectivity index (χ0n) is 27.0. The molecule has 11 heteroatoms. The van der Waals surface area contributed by atoms with E-state index < -0.39 is 5.97 Å². The van der Waals surface area contributed by atoms with Gasteiger partial charge < -0.3 is 10.4 Å². The lowest BCUT2D eigenvalue weighted by atomic mass is 9.58. The van der Waals surface area contributed by atoms with Crippen LogP contribution in [0.5, 0.6) is 0 Å². The minimum Gasteiger partial charge on any atom is -0.478 e. The van der Waals surface area contributed by atoms with Crippen LogP contribution in [0.25, 0.3) is 28.2 Å². The number of carboxylic acid groups (broad SMARTS) is 1. The number of thiazole rings is 1. The molecule has 2 atom stereocenters. The second kappa shape index (κ2) is 11.0. The van der Waals surface area contributed by atoms with Gasteiger partial charge in [0.1, 0.15) is 11.3 Å². The maximum Gasteiger partial charge on any atom is 0.340 e. The Bertz CT molecular complexity index is 2000. The second-order valence-electron chi connectivity index (χ2n) is 14.8. The quantitative estimate of drug-likeness (QED) is 0.184. The molecule has 4 bridgehead atoms. The van der Waals surface area contributed by atoms with Gasteiger partial charge in [0.05, 0.1) is 23.8 Å². The van der Waals surface area contributed by atoms with Crippen LogP contribution < -0.4 is 5.32 Å². The number of imidazole rings is 1. The van der Waals surface area contributed by atoms with Gasteiger partial charge in [0, 0.05) is 34.4 Å². The molecule has 0 aliphatic heterocycles. The second-order valence-corrected chi connectivity index (χ2v) is 15.9. The molecule has 4 fully saturated rings. The number of carbonyl (C=O) groups is 1. The Hall–Kier alpha value is -4.12. The van der Waals surface area contributed by atoms with Gasteiger partial charge in [0.2, 0.25) is 0 Å². The summed E-state index contributed by atoms with van der Waals surface area (Å²) < 4.78 is 3.96. The minimum atomic E-state index is -1.01. The Balaban J connectivity index is 1.02. The van der Waals surface area contributed by atoms with Crippen LogP contribution in [-0.4, -0.2) is 45.4 Å². The van der Waals surface area contributed by atoms with Gasteiger partial charge in [0.15, 0.2) is 16.6 Å². The molecule has 5 aliphatic rings. The minimum absolute atomic E-state index is 0.170. The van der Waals surface area contributed by atoms with Crippen LogP contribution in [0.1, 0.15) is 90.0 Å². The molecule has 2 unspecified atom stereocenters. The average Bonchev–Trinajstić information content (AvgIpc) is 3.72. The van der Waals surface area contributed by atoms with Crippen molar-refractivity contribution in [2.45, 2.75) is 91.0 Å². The lowest BCUT2D eigenvalue weighted by Gasteiger charge is -2.48. The number of hydrogen-bond donors (Lipinski definition) is 2. The van der Waals surface area contributed by atoms with E-state index in [-0.39, 0.29) is 5.56 Å². The molecule has 10 nitrogen and oxygen atoms in total. The molecule has 4 saturated carbocycles. The summed E-state index contributed by atoms with van der Waals surface area (Å²) in [4.78, 5) is 23.6. The van der Waals surface area contributed by atoms with Gasteiger partial charge in [-0.15, -0.1) is 21.5 Å². The average molecular weight is 649 g/mol. The predicted octanol–water partition coefficient (Wildman–Crippen LogP) is 7.66. The first-order valence-corrected chi connectivity index (χ1v) is 18.0. The first-order valence-electron chi connectivity index (χ1n) is 17.2. The third-order valence-electron chi connectivity index (χ3n) is 11.6. The van der Waals surface area contributed by atoms with Gasteiger partial charge >= 0.3 is 5.97 Å². The number of hydrogen-bond acceptors (Lipinski definition) is 8. The van der Waals surface area contributed by atoms with E-state index in [1.807, 2.05) is 31.5 Å². The smallest absolute Gasteiger partial charge is 0.340 e. The topological polar surface area (TPSA) is 123 Å². The van der Waals surface area contributed by atoms with Gasteiger partial charge in [-0.05, 0) is 112 Å². The number of aromatic carboxylic acids is 1. The zero-order valence-corrected chi connectivity index (χ0v) is 27.8. The van der Waals surface area contributed by atoms with Crippen LogP contribution in [0.15, 0.2) is 30.7 Å². The highest BCUT2D eigenvalue weighted by Crippen LogP contribution is 2.58. The van der Waals surface area contributed by atoms with Crippen molar-refractivity contribution in [3.63, 3.8) is 0 Å². The summed E-state index contributed by atoms with van der Waals surface area (Å²) in [6, 6.07) is 3.84. The highest BCUT2D eigenvalue weighted by Gasteiger charge is 2.48. The lowest BCUT2D eigenvalue weighted by Crippen LogP contribution is -2.40. The van der Waals surface area contributed by atoms with Crippen molar-refractivity contribution in [3.05, 3.63) is 58.1 Å². The fourth-order valence-corrected chi connectivity index (χ4v) is 10.7. The van der Waals surface area contributed by atoms with E-state index >= 15 is 0 Å². The Morgan fingerprint density at radius 3 is 2.60 bits per heavy atom. The summed E-state index contributed by atoms with van der Waals surface area (Å²) in [5.74, 6) is 2.23. The van der Waals surface area contributed by atoms with Crippen LogP contribution in [0, 0.1) is 37.0 Å². The summed E-state index contributed by atoms with van der Waals surface area (Å²) in [6.45, 7) is 5.00. The van der Waals surface area contributed by atoms with Gasteiger partial charge in [-0.1, -0.05) is 12.8 Å². The Labute approximate surface area is 277 Å². The normalized spacial score (nSPS) is 24.9. The highest BCUT2D eigenvalue weighted by molar-refractivity contribution is 7.15. The number of aryl methyl sites for hydroxylation is 3. The number of pyridine rings is 1. The summed E-state index contributed by atoms with van der Waals surface area (Å²) in [5, 5.41) is 28.6. The number of nitrogens with one attached hydrogen (secondary N) is 1. The molecule has 0 amide bonds. The molecule has 2 N–H and O–H groups in total. The van der Waals surface area contributed by atoms with Crippen LogP contribution >= 0.6 is 11.3 Å². The van der Waals surface area contributed by atoms with Crippen molar-refractivity contribution in [1.82, 2.24) is 34.3 Å². The summed E-state index contributed by atoms with van der Waals surface area (Å²) in [5.41, 5.74) is 6.81. The first kappa shape index (κ1) is 29.1. The third-order valence-corrected chi connectivity index (χ3v) is 12.6. The van der Waals surface area contributed by atoms with Crippen LogP contribution in [0.3, 0.4) is 0 Å². The van der Waals surface area contributed by atoms with Crippen LogP contribution in [0.2, 0.25) is 0 Å². The van der Waals surface area contributed by atoms with Crippen LogP contribution in [-0.2, 0) is 19.4 Å². The first-order chi connectivity index (χ1) is 22.8. The van der Waals surface area contributed by atoms with E-state index in [4.69, 9.17) is 10.1 Å². The Morgan fingerprint density at radius 2 is 1.83 bits per heavy atom. The third kappa shape index (κ3) is 4.96. The van der Waals surface area contributed by atoms with Crippen molar-refractivity contribution in [2.24, 2.45) is 23.2 Å². The molecular formula is C36H40N8O2S. The number of carboxylic acids is 1. The monoisotopic (exact) mass is 648 g/mol. The van der Waals surface area contributed by atoms with Crippen molar-refractivity contribution < 1.29 is 9.90 Å². The number of aromatic nitrogens is 7. The molecule has 0 spiro atoms. The van der Waals surface area contributed by atoms with E-state index in [1.54, 1.807) is 21.9 Å². The van der Waals surface area contributed by atoms with E-state index in [1.165, 1.54) is 68.4 Å². The maximum absolute atomic E-state index is 12.8. The van der Waals surface area contributed by atoms with Crippen LogP contribution in [0.4, 0.5) is 10.9 Å². The van der Waals surface area contributed by atoms with Crippen molar-refractivity contribution in [1.29, 1.82) is 0 Å². The molecule has 0 radical (unpaired) electrons. The summed E-state index contributed by atoms with van der Waals surface area (Å²) in [6.07, 6.45) is 19.5. The van der Waals surface area contributed by atoms with E-state index in [0.717, 1.165) is 59.1 Å². The zero-order chi connectivity index (χ0) is 31.9. The predicted molar refractivity (Wildman–Crippen MR) is 181 cm³/mol. The highest BCUT2D eigenvalue weighted by atomic mass is 32.1. The molecule has 5 heterocycles. The SMILES string of the molecule is Cc1cc(-c2cnc3c(C(=O)O)c(-c4cnn(CC56CC7CCC(CC(C7)C5)C6)c4C)ccn23)nnc1Nc1nc2c(s1)CCCC2. The number of fused-ring (bicyclic) bond motifs is 3. The maximum atomic E-state index is 12.8. The van der Waals surface area contributed by atoms with E-state index in [9.17, 15) is 9.90 Å². The molecule has 10 rings (SSSR count). The van der Waals surface area contributed by atoms with Gasteiger partial charge in [-0.3, -0.25) is 9.08 Å².